The van der Waals surface area contributed by atoms with Crippen LogP contribution in [0.1, 0.15) is 39.2 Å². The first kappa shape index (κ1) is 13.7. The lowest BCUT2D eigenvalue weighted by atomic mass is 9.79. The number of nitrogens with one attached hydrogen (secondary N) is 1. The number of hydrogen-bond donors (Lipinski definition) is 1. The summed E-state index contributed by atoms with van der Waals surface area (Å²) in [6.45, 7) is 7.50. The third-order valence-electron chi connectivity index (χ3n) is 3.10. The van der Waals surface area contributed by atoms with Crippen LogP contribution in [0, 0.1) is 11.3 Å². The SMILES string of the molecule is CC(CC(C)(C)c1ccccc1)NCCC#N. The van der Waals surface area contributed by atoms with E-state index in [2.05, 4.69) is 56.4 Å². The third-order valence-corrected chi connectivity index (χ3v) is 3.10. The minimum absolute atomic E-state index is 0.167. The van der Waals surface area contributed by atoms with Crippen LogP contribution in [0.15, 0.2) is 30.3 Å². The van der Waals surface area contributed by atoms with Gasteiger partial charge in [0.25, 0.3) is 0 Å². The summed E-state index contributed by atoms with van der Waals surface area (Å²) < 4.78 is 0. The van der Waals surface area contributed by atoms with E-state index in [0.717, 1.165) is 13.0 Å². The number of nitrogens with zero attached hydrogens (tertiary/aromatic N) is 1. The van der Waals surface area contributed by atoms with Gasteiger partial charge < -0.3 is 5.32 Å². The summed E-state index contributed by atoms with van der Waals surface area (Å²) in [5.74, 6) is 0. The fraction of sp³-hybridized carbons (Fsp3) is 0.533. The van der Waals surface area contributed by atoms with Gasteiger partial charge >= 0.3 is 0 Å². The van der Waals surface area contributed by atoms with Gasteiger partial charge in [-0.15, -0.1) is 0 Å². The van der Waals surface area contributed by atoms with Crippen LogP contribution in [0.5, 0.6) is 0 Å². The predicted octanol–water partition coefficient (Wildman–Crippen LogP) is 3.25. The highest BCUT2D eigenvalue weighted by atomic mass is 14.9. The maximum Gasteiger partial charge on any atom is 0.0635 e. The summed E-state index contributed by atoms with van der Waals surface area (Å²) >= 11 is 0. The summed E-state index contributed by atoms with van der Waals surface area (Å²) in [5.41, 5.74) is 1.54. The molecule has 0 amide bonds. The average molecular weight is 230 g/mol. The molecule has 0 aromatic heterocycles. The zero-order valence-corrected chi connectivity index (χ0v) is 11.0. The Morgan fingerprint density at radius 1 is 1.29 bits per heavy atom. The van der Waals surface area contributed by atoms with Gasteiger partial charge in [0, 0.05) is 19.0 Å². The van der Waals surface area contributed by atoms with Crippen molar-refractivity contribution in [1.82, 2.24) is 5.32 Å². The first-order valence-corrected chi connectivity index (χ1v) is 6.22. The summed E-state index contributed by atoms with van der Waals surface area (Å²) in [4.78, 5) is 0. The Hall–Kier alpha value is -1.33. The molecule has 1 aromatic rings. The highest BCUT2D eigenvalue weighted by Gasteiger charge is 2.22. The van der Waals surface area contributed by atoms with E-state index >= 15 is 0 Å². The molecule has 0 aliphatic heterocycles. The Labute approximate surface area is 105 Å². The highest BCUT2D eigenvalue weighted by molar-refractivity contribution is 5.23. The Bertz CT molecular complexity index is 362. The van der Waals surface area contributed by atoms with Crippen LogP contribution in [0.3, 0.4) is 0 Å². The zero-order valence-electron chi connectivity index (χ0n) is 11.0. The predicted molar refractivity (Wildman–Crippen MR) is 71.8 cm³/mol. The molecule has 0 bridgehead atoms. The Balaban J connectivity index is 2.52. The minimum Gasteiger partial charge on any atom is -0.313 e. The van der Waals surface area contributed by atoms with Crippen molar-refractivity contribution in [2.75, 3.05) is 6.54 Å². The molecule has 1 unspecified atom stereocenters. The molecule has 0 spiro atoms. The van der Waals surface area contributed by atoms with Crippen LogP contribution in [-0.4, -0.2) is 12.6 Å². The molecule has 0 aliphatic carbocycles. The molecule has 0 aliphatic rings. The van der Waals surface area contributed by atoms with Crippen molar-refractivity contribution < 1.29 is 0 Å². The monoisotopic (exact) mass is 230 g/mol. The average Bonchev–Trinajstić information content (AvgIpc) is 2.30. The summed E-state index contributed by atoms with van der Waals surface area (Å²) in [6.07, 6.45) is 1.65. The van der Waals surface area contributed by atoms with Crippen molar-refractivity contribution in [3.05, 3.63) is 35.9 Å². The van der Waals surface area contributed by atoms with Gasteiger partial charge in [0.15, 0.2) is 0 Å². The van der Waals surface area contributed by atoms with Gasteiger partial charge in [-0.2, -0.15) is 5.26 Å². The van der Waals surface area contributed by atoms with E-state index in [-0.39, 0.29) is 5.41 Å². The van der Waals surface area contributed by atoms with Crippen molar-refractivity contribution >= 4 is 0 Å². The van der Waals surface area contributed by atoms with E-state index in [1.807, 2.05) is 6.07 Å². The van der Waals surface area contributed by atoms with E-state index in [0.29, 0.717) is 12.5 Å². The largest absolute Gasteiger partial charge is 0.313 e. The molecule has 2 heteroatoms. The van der Waals surface area contributed by atoms with Gasteiger partial charge in [0.2, 0.25) is 0 Å². The van der Waals surface area contributed by atoms with Crippen molar-refractivity contribution in [3.8, 4) is 6.07 Å². The van der Waals surface area contributed by atoms with E-state index < -0.39 is 0 Å². The second-order valence-corrected chi connectivity index (χ2v) is 5.22. The molecule has 92 valence electrons. The molecule has 1 atom stereocenters. The Kier molecular flexibility index (Phi) is 5.18. The fourth-order valence-corrected chi connectivity index (χ4v) is 2.22. The molecule has 1 rings (SSSR count). The molecular weight excluding hydrogens is 208 g/mol. The molecule has 0 heterocycles. The topological polar surface area (TPSA) is 35.8 Å². The van der Waals surface area contributed by atoms with Gasteiger partial charge in [-0.3, -0.25) is 0 Å². The van der Waals surface area contributed by atoms with Crippen molar-refractivity contribution in [1.29, 1.82) is 5.26 Å². The van der Waals surface area contributed by atoms with Crippen LogP contribution >= 0.6 is 0 Å². The Morgan fingerprint density at radius 3 is 2.53 bits per heavy atom. The third kappa shape index (κ3) is 4.58. The number of benzene rings is 1. The summed E-state index contributed by atoms with van der Waals surface area (Å²) in [6, 6.07) is 13.2. The zero-order chi connectivity index (χ0) is 12.7. The second kappa shape index (κ2) is 6.42. The van der Waals surface area contributed by atoms with Crippen LogP contribution in [0.4, 0.5) is 0 Å². The molecule has 0 radical (unpaired) electrons. The summed E-state index contributed by atoms with van der Waals surface area (Å²) in [5, 5.41) is 11.9. The van der Waals surface area contributed by atoms with Gasteiger partial charge in [-0.25, -0.2) is 0 Å². The number of nitriles is 1. The molecule has 0 saturated heterocycles. The fourth-order valence-electron chi connectivity index (χ4n) is 2.22. The van der Waals surface area contributed by atoms with E-state index in [1.165, 1.54) is 5.56 Å². The normalized spacial score (nSPS) is 13.1. The van der Waals surface area contributed by atoms with Gasteiger partial charge in [-0.05, 0) is 24.3 Å². The second-order valence-electron chi connectivity index (χ2n) is 5.22. The first-order valence-electron chi connectivity index (χ1n) is 6.22. The molecule has 17 heavy (non-hydrogen) atoms. The Morgan fingerprint density at radius 2 is 1.94 bits per heavy atom. The maximum absolute atomic E-state index is 8.50. The van der Waals surface area contributed by atoms with Crippen molar-refractivity contribution in [2.45, 2.75) is 45.1 Å². The van der Waals surface area contributed by atoms with Gasteiger partial charge in [0.1, 0.15) is 0 Å². The van der Waals surface area contributed by atoms with Crippen LogP contribution in [-0.2, 0) is 5.41 Å². The maximum atomic E-state index is 8.50. The van der Waals surface area contributed by atoms with Crippen LogP contribution in [0.2, 0.25) is 0 Å². The lowest BCUT2D eigenvalue weighted by Crippen LogP contribution is -2.33. The van der Waals surface area contributed by atoms with Gasteiger partial charge in [-0.1, -0.05) is 44.2 Å². The minimum atomic E-state index is 0.167. The highest BCUT2D eigenvalue weighted by Crippen LogP contribution is 2.27. The molecular formula is C15H22N2. The lowest BCUT2D eigenvalue weighted by molar-refractivity contribution is 0.391. The standard InChI is InChI=1S/C15H22N2/c1-13(17-11-7-10-16)12-15(2,3)14-8-5-4-6-9-14/h4-6,8-9,13,17H,7,11-12H2,1-3H3. The first-order chi connectivity index (χ1) is 8.06. The van der Waals surface area contributed by atoms with Crippen LogP contribution in [0.25, 0.3) is 0 Å². The van der Waals surface area contributed by atoms with E-state index in [1.54, 1.807) is 0 Å². The molecule has 1 N–H and O–H groups in total. The molecule has 0 saturated carbocycles. The molecule has 0 fully saturated rings. The smallest absolute Gasteiger partial charge is 0.0635 e. The quantitative estimate of drug-likeness (QED) is 0.761. The van der Waals surface area contributed by atoms with Crippen molar-refractivity contribution in [2.24, 2.45) is 0 Å². The van der Waals surface area contributed by atoms with Gasteiger partial charge in [0.05, 0.1) is 6.07 Å². The summed E-state index contributed by atoms with van der Waals surface area (Å²) in [7, 11) is 0. The molecule has 1 aromatic carbocycles. The number of hydrogen-bond acceptors (Lipinski definition) is 2. The molecule has 2 nitrogen and oxygen atoms in total. The lowest BCUT2D eigenvalue weighted by Gasteiger charge is -2.29. The van der Waals surface area contributed by atoms with Crippen molar-refractivity contribution in [3.63, 3.8) is 0 Å². The van der Waals surface area contributed by atoms with Crippen LogP contribution < -0.4 is 5.32 Å². The number of rotatable bonds is 6. The van der Waals surface area contributed by atoms with E-state index in [9.17, 15) is 0 Å². The van der Waals surface area contributed by atoms with E-state index in [4.69, 9.17) is 5.26 Å².